The number of aromatic nitrogens is 3. The normalized spacial score (nSPS) is 10.4. The van der Waals surface area contributed by atoms with Gasteiger partial charge in [-0.15, -0.1) is 5.10 Å². The van der Waals surface area contributed by atoms with Crippen LogP contribution in [0.5, 0.6) is 0 Å². The third-order valence-electron chi connectivity index (χ3n) is 1.86. The summed E-state index contributed by atoms with van der Waals surface area (Å²) in [5.74, 6) is 0. The molecule has 0 amide bonds. The zero-order valence-electron chi connectivity index (χ0n) is 7.39. The van der Waals surface area contributed by atoms with Gasteiger partial charge in [0.05, 0.1) is 17.6 Å². The summed E-state index contributed by atoms with van der Waals surface area (Å²) in [6.45, 7) is -0.618. The van der Waals surface area contributed by atoms with E-state index in [1.165, 1.54) is 10.9 Å². The summed E-state index contributed by atoms with van der Waals surface area (Å²) < 4.78 is 13.7. The number of anilines is 1. The molecule has 0 atom stereocenters. The Morgan fingerprint density at radius 1 is 1.36 bits per heavy atom. The molecule has 0 fully saturated rings. The van der Waals surface area contributed by atoms with Gasteiger partial charge in [-0.2, -0.15) is 0 Å². The van der Waals surface area contributed by atoms with Gasteiger partial charge in [0.25, 0.3) is 0 Å². The summed E-state index contributed by atoms with van der Waals surface area (Å²) in [5.41, 5.74) is 7.31. The van der Waals surface area contributed by atoms with Crippen LogP contribution < -0.4 is 5.73 Å². The van der Waals surface area contributed by atoms with E-state index in [1.54, 1.807) is 12.1 Å². The number of nitrogen functional groups attached to an aromatic ring is 1. The summed E-state index contributed by atoms with van der Waals surface area (Å²) in [6.07, 6.45) is 1.52. The Morgan fingerprint density at radius 2 is 2.14 bits per heavy atom. The van der Waals surface area contributed by atoms with Gasteiger partial charge in [0.15, 0.2) is 0 Å². The summed E-state index contributed by atoms with van der Waals surface area (Å²) in [4.78, 5) is 0. The van der Waals surface area contributed by atoms with Crippen LogP contribution in [0.3, 0.4) is 0 Å². The van der Waals surface area contributed by atoms with Crippen LogP contribution in [0.15, 0.2) is 30.5 Å². The van der Waals surface area contributed by atoms with E-state index in [0.29, 0.717) is 17.1 Å². The van der Waals surface area contributed by atoms with Gasteiger partial charge in [0.2, 0.25) is 0 Å². The summed E-state index contributed by atoms with van der Waals surface area (Å²) in [6, 6.07) is 7.21. The van der Waals surface area contributed by atoms with Crippen molar-refractivity contribution in [3.05, 3.63) is 36.2 Å². The average Bonchev–Trinajstić information content (AvgIpc) is 2.67. The molecule has 0 unspecified atom stereocenters. The van der Waals surface area contributed by atoms with E-state index >= 15 is 0 Å². The van der Waals surface area contributed by atoms with Crippen LogP contribution in [0, 0.1) is 0 Å². The molecule has 0 saturated heterocycles. The fourth-order valence-corrected chi connectivity index (χ4v) is 1.17. The highest BCUT2D eigenvalue weighted by Gasteiger charge is 2.04. The molecule has 0 aliphatic heterocycles. The predicted molar refractivity (Wildman–Crippen MR) is 50.6 cm³/mol. The van der Waals surface area contributed by atoms with Crippen LogP contribution in [0.1, 0.15) is 5.69 Å². The molecule has 72 valence electrons. The molecule has 0 bridgehead atoms. The fourth-order valence-electron chi connectivity index (χ4n) is 1.17. The second kappa shape index (κ2) is 3.45. The first-order valence-corrected chi connectivity index (χ1v) is 4.13. The molecule has 2 aromatic rings. The molecule has 1 aromatic heterocycles. The van der Waals surface area contributed by atoms with Crippen molar-refractivity contribution in [3.8, 4) is 5.69 Å². The van der Waals surface area contributed by atoms with Gasteiger partial charge in [-0.05, 0) is 12.1 Å². The number of alkyl halides is 1. The van der Waals surface area contributed by atoms with E-state index in [-0.39, 0.29) is 0 Å². The number of halogens is 1. The number of hydrogen-bond donors (Lipinski definition) is 1. The molecule has 2 rings (SSSR count). The van der Waals surface area contributed by atoms with Crippen molar-refractivity contribution in [2.24, 2.45) is 0 Å². The minimum Gasteiger partial charge on any atom is -0.397 e. The van der Waals surface area contributed by atoms with Gasteiger partial charge in [-0.25, -0.2) is 9.07 Å². The quantitative estimate of drug-likeness (QED) is 0.730. The van der Waals surface area contributed by atoms with E-state index < -0.39 is 6.67 Å². The van der Waals surface area contributed by atoms with Crippen LogP contribution in [0.2, 0.25) is 0 Å². The second-order valence-corrected chi connectivity index (χ2v) is 2.85. The Labute approximate surface area is 80.2 Å². The largest absolute Gasteiger partial charge is 0.397 e. The second-order valence-electron chi connectivity index (χ2n) is 2.85. The molecule has 0 aliphatic carbocycles. The van der Waals surface area contributed by atoms with Gasteiger partial charge in [-0.1, -0.05) is 17.3 Å². The zero-order chi connectivity index (χ0) is 9.97. The van der Waals surface area contributed by atoms with Crippen LogP contribution >= 0.6 is 0 Å². The number of benzene rings is 1. The zero-order valence-corrected chi connectivity index (χ0v) is 7.39. The molecule has 1 heterocycles. The summed E-state index contributed by atoms with van der Waals surface area (Å²) in [5, 5.41) is 7.40. The molecule has 14 heavy (non-hydrogen) atoms. The molecule has 0 radical (unpaired) electrons. The Bertz CT molecular complexity index is 438. The minimum absolute atomic E-state index is 0.299. The van der Waals surface area contributed by atoms with Gasteiger partial charge in [0, 0.05) is 0 Å². The highest BCUT2D eigenvalue weighted by molar-refractivity contribution is 5.56. The lowest BCUT2D eigenvalue weighted by atomic mass is 10.3. The maximum absolute atomic E-state index is 12.2. The lowest BCUT2D eigenvalue weighted by molar-refractivity contribution is 0.475. The molecule has 2 N–H and O–H groups in total. The Kier molecular flexibility index (Phi) is 2.14. The van der Waals surface area contributed by atoms with Crippen LogP contribution in [-0.2, 0) is 6.67 Å². The first-order valence-electron chi connectivity index (χ1n) is 4.13. The summed E-state index contributed by atoms with van der Waals surface area (Å²) in [7, 11) is 0. The Balaban J connectivity index is 2.44. The van der Waals surface area contributed by atoms with E-state index in [0.717, 1.165) is 0 Å². The molecule has 4 nitrogen and oxygen atoms in total. The van der Waals surface area contributed by atoms with Gasteiger partial charge < -0.3 is 5.73 Å². The maximum atomic E-state index is 12.2. The maximum Gasteiger partial charge on any atom is 0.135 e. The topological polar surface area (TPSA) is 56.7 Å². The highest BCUT2D eigenvalue weighted by atomic mass is 19.1. The van der Waals surface area contributed by atoms with Crippen molar-refractivity contribution in [1.82, 2.24) is 15.0 Å². The first-order chi connectivity index (χ1) is 6.81. The van der Waals surface area contributed by atoms with Crippen molar-refractivity contribution in [2.75, 3.05) is 5.73 Å². The third kappa shape index (κ3) is 1.44. The molecule has 1 aromatic carbocycles. The standard InChI is InChI=1S/C9H9FN4/c10-5-7-6-14(13-12-7)9-4-2-1-3-8(9)11/h1-4,6H,5,11H2. The Hall–Kier alpha value is -1.91. The highest BCUT2D eigenvalue weighted by Crippen LogP contribution is 2.15. The monoisotopic (exact) mass is 192 g/mol. The minimum atomic E-state index is -0.618. The molecule has 0 saturated carbocycles. The molecule has 0 aliphatic rings. The van der Waals surface area contributed by atoms with Crippen molar-refractivity contribution in [1.29, 1.82) is 0 Å². The third-order valence-corrected chi connectivity index (χ3v) is 1.86. The van der Waals surface area contributed by atoms with E-state index in [1.807, 2.05) is 12.1 Å². The molecule has 0 spiro atoms. The number of hydrogen-bond acceptors (Lipinski definition) is 3. The first kappa shape index (κ1) is 8.68. The summed E-state index contributed by atoms with van der Waals surface area (Å²) >= 11 is 0. The number of nitrogens with two attached hydrogens (primary N) is 1. The average molecular weight is 192 g/mol. The van der Waals surface area contributed by atoms with Crippen molar-refractivity contribution < 1.29 is 4.39 Å². The van der Waals surface area contributed by atoms with E-state index in [2.05, 4.69) is 10.3 Å². The van der Waals surface area contributed by atoms with Crippen molar-refractivity contribution in [3.63, 3.8) is 0 Å². The lowest BCUT2D eigenvalue weighted by Crippen LogP contribution is -1.99. The van der Waals surface area contributed by atoms with Crippen LogP contribution in [-0.4, -0.2) is 15.0 Å². The van der Waals surface area contributed by atoms with E-state index in [4.69, 9.17) is 5.73 Å². The van der Waals surface area contributed by atoms with E-state index in [9.17, 15) is 4.39 Å². The smallest absolute Gasteiger partial charge is 0.135 e. The van der Waals surface area contributed by atoms with Crippen molar-refractivity contribution >= 4 is 5.69 Å². The molecular weight excluding hydrogens is 183 g/mol. The predicted octanol–water partition coefficient (Wildman–Crippen LogP) is 1.32. The van der Waals surface area contributed by atoms with Gasteiger partial charge in [0.1, 0.15) is 12.4 Å². The fraction of sp³-hybridized carbons (Fsp3) is 0.111. The van der Waals surface area contributed by atoms with Crippen LogP contribution in [0.25, 0.3) is 5.69 Å². The van der Waals surface area contributed by atoms with Gasteiger partial charge in [-0.3, -0.25) is 0 Å². The van der Waals surface area contributed by atoms with Crippen molar-refractivity contribution in [2.45, 2.75) is 6.67 Å². The Morgan fingerprint density at radius 3 is 2.79 bits per heavy atom. The van der Waals surface area contributed by atoms with Crippen LogP contribution in [0.4, 0.5) is 10.1 Å². The number of para-hydroxylation sites is 2. The van der Waals surface area contributed by atoms with Gasteiger partial charge >= 0.3 is 0 Å². The lowest BCUT2D eigenvalue weighted by Gasteiger charge is -2.02. The number of rotatable bonds is 2. The SMILES string of the molecule is Nc1ccccc1-n1cc(CF)nn1. The number of nitrogens with zero attached hydrogens (tertiary/aromatic N) is 3. The molecule has 5 heteroatoms. The molecular formula is C9H9FN4.